The van der Waals surface area contributed by atoms with Gasteiger partial charge in [0.15, 0.2) is 18.1 Å². The minimum absolute atomic E-state index is 0.216. The van der Waals surface area contributed by atoms with Crippen molar-refractivity contribution in [2.45, 2.75) is 27.3 Å². The highest BCUT2D eigenvalue weighted by Crippen LogP contribution is 2.37. The van der Waals surface area contributed by atoms with E-state index in [9.17, 15) is 4.79 Å². The van der Waals surface area contributed by atoms with Gasteiger partial charge in [0.05, 0.1) is 11.6 Å². The van der Waals surface area contributed by atoms with Gasteiger partial charge >= 0.3 is 0 Å². The second-order valence-corrected chi connectivity index (χ2v) is 8.17. The maximum absolute atomic E-state index is 12.3. The lowest BCUT2D eigenvalue weighted by Gasteiger charge is -2.16. The normalized spacial score (nSPS) is 10.5. The molecule has 3 rings (SSSR count). The van der Waals surface area contributed by atoms with Gasteiger partial charge in [0, 0.05) is 22.9 Å². The molecule has 0 saturated carbocycles. The van der Waals surface area contributed by atoms with Crippen molar-refractivity contribution >= 4 is 40.5 Å². The standard InChI is InChI=1S/C25H26Cl2N2O3/c1-4-31-23-12-18(14-28-19-8-5-16(2)6-9-19)11-22(27)25(23)32-15-24(30)29-20-10-7-17(3)21(26)13-20/h5-13,28H,4,14-15H2,1-3H3,(H,29,30). The summed E-state index contributed by atoms with van der Waals surface area (Å²) in [6.45, 7) is 6.61. The quantitative estimate of drug-likeness (QED) is 0.366. The monoisotopic (exact) mass is 472 g/mol. The molecular formula is C25H26Cl2N2O3. The Bertz CT molecular complexity index is 1090. The summed E-state index contributed by atoms with van der Waals surface area (Å²) in [7, 11) is 0. The van der Waals surface area contributed by atoms with Crippen LogP contribution >= 0.6 is 23.2 Å². The van der Waals surface area contributed by atoms with E-state index in [0.29, 0.717) is 40.4 Å². The number of amides is 1. The average Bonchev–Trinajstić information content (AvgIpc) is 2.75. The van der Waals surface area contributed by atoms with E-state index in [4.69, 9.17) is 32.7 Å². The zero-order chi connectivity index (χ0) is 23.1. The van der Waals surface area contributed by atoms with Gasteiger partial charge in [-0.2, -0.15) is 0 Å². The van der Waals surface area contributed by atoms with Gasteiger partial charge in [-0.3, -0.25) is 4.79 Å². The number of hydrogen-bond donors (Lipinski definition) is 2. The number of carbonyl (C=O) groups excluding carboxylic acids is 1. The summed E-state index contributed by atoms with van der Waals surface area (Å²) in [5.74, 6) is 0.505. The molecule has 3 aromatic rings. The Labute approximate surface area is 198 Å². The van der Waals surface area contributed by atoms with Crippen LogP contribution in [0.15, 0.2) is 54.6 Å². The van der Waals surface area contributed by atoms with E-state index in [1.54, 1.807) is 18.2 Å². The van der Waals surface area contributed by atoms with Gasteiger partial charge < -0.3 is 20.1 Å². The molecule has 2 N–H and O–H groups in total. The van der Waals surface area contributed by atoms with Crippen LogP contribution in [0.5, 0.6) is 11.5 Å². The summed E-state index contributed by atoms with van der Waals surface area (Å²) >= 11 is 12.6. The molecule has 0 atom stereocenters. The van der Waals surface area contributed by atoms with Crippen molar-refractivity contribution in [2.75, 3.05) is 23.8 Å². The summed E-state index contributed by atoms with van der Waals surface area (Å²) < 4.78 is 11.4. The lowest BCUT2D eigenvalue weighted by Crippen LogP contribution is -2.20. The van der Waals surface area contributed by atoms with Crippen LogP contribution in [0, 0.1) is 13.8 Å². The predicted octanol–water partition coefficient (Wildman–Crippen LogP) is 6.64. The molecule has 5 nitrogen and oxygen atoms in total. The number of rotatable bonds is 9. The van der Waals surface area contributed by atoms with Crippen LogP contribution in [-0.2, 0) is 11.3 Å². The second-order valence-electron chi connectivity index (χ2n) is 7.36. The molecule has 0 aromatic heterocycles. The van der Waals surface area contributed by atoms with Crippen molar-refractivity contribution < 1.29 is 14.3 Å². The summed E-state index contributed by atoms with van der Waals surface area (Å²) in [6.07, 6.45) is 0. The Balaban J connectivity index is 1.66. The van der Waals surface area contributed by atoms with Gasteiger partial charge in [-0.05, 0) is 68.3 Å². The van der Waals surface area contributed by atoms with E-state index in [1.165, 1.54) is 5.56 Å². The van der Waals surface area contributed by atoms with E-state index in [-0.39, 0.29) is 12.5 Å². The summed E-state index contributed by atoms with van der Waals surface area (Å²) in [5.41, 5.74) is 4.69. The average molecular weight is 473 g/mol. The number of hydrogen-bond acceptors (Lipinski definition) is 4. The fourth-order valence-electron chi connectivity index (χ4n) is 3.01. The second kappa shape index (κ2) is 11.1. The van der Waals surface area contributed by atoms with Crippen molar-refractivity contribution in [3.8, 4) is 11.5 Å². The molecule has 0 unspecified atom stereocenters. The Hall–Kier alpha value is -2.89. The number of aryl methyl sites for hydroxylation is 2. The highest BCUT2D eigenvalue weighted by molar-refractivity contribution is 6.32. The smallest absolute Gasteiger partial charge is 0.262 e. The molecule has 3 aromatic carbocycles. The molecule has 0 spiro atoms. The summed E-state index contributed by atoms with van der Waals surface area (Å²) in [5, 5.41) is 7.08. The molecule has 0 radical (unpaired) electrons. The fourth-order valence-corrected chi connectivity index (χ4v) is 3.48. The lowest BCUT2D eigenvalue weighted by molar-refractivity contribution is -0.118. The van der Waals surface area contributed by atoms with Gasteiger partial charge in [0.2, 0.25) is 0 Å². The first-order chi connectivity index (χ1) is 15.4. The van der Waals surface area contributed by atoms with Crippen molar-refractivity contribution in [1.82, 2.24) is 0 Å². The number of ether oxygens (including phenoxy) is 2. The minimum Gasteiger partial charge on any atom is -0.490 e. The molecule has 7 heteroatoms. The van der Waals surface area contributed by atoms with Crippen LogP contribution in [0.3, 0.4) is 0 Å². The fraction of sp³-hybridized carbons (Fsp3) is 0.240. The molecule has 0 bridgehead atoms. The zero-order valence-corrected chi connectivity index (χ0v) is 19.8. The van der Waals surface area contributed by atoms with E-state index >= 15 is 0 Å². The molecule has 0 aliphatic carbocycles. The maximum Gasteiger partial charge on any atom is 0.262 e. The molecule has 1 amide bonds. The number of halogens is 2. The zero-order valence-electron chi connectivity index (χ0n) is 18.3. The molecule has 0 heterocycles. The van der Waals surface area contributed by atoms with Crippen molar-refractivity contribution in [3.63, 3.8) is 0 Å². The highest BCUT2D eigenvalue weighted by atomic mass is 35.5. The SMILES string of the molecule is CCOc1cc(CNc2ccc(C)cc2)cc(Cl)c1OCC(=O)Nc1ccc(C)c(Cl)c1. The van der Waals surface area contributed by atoms with E-state index in [0.717, 1.165) is 16.8 Å². The Morgan fingerprint density at radius 1 is 0.906 bits per heavy atom. The largest absolute Gasteiger partial charge is 0.490 e. The van der Waals surface area contributed by atoms with Crippen LogP contribution in [0.25, 0.3) is 0 Å². The third kappa shape index (κ3) is 6.55. The van der Waals surface area contributed by atoms with Gasteiger partial charge in [0.1, 0.15) is 0 Å². The summed E-state index contributed by atoms with van der Waals surface area (Å²) in [4.78, 5) is 12.3. The molecule has 0 fully saturated rings. The van der Waals surface area contributed by atoms with Gasteiger partial charge in [-0.15, -0.1) is 0 Å². The lowest BCUT2D eigenvalue weighted by atomic mass is 10.2. The van der Waals surface area contributed by atoms with Crippen LogP contribution in [-0.4, -0.2) is 19.1 Å². The first-order valence-electron chi connectivity index (χ1n) is 10.3. The van der Waals surface area contributed by atoms with Crippen molar-refractivity contribution in [2.24, 2.45) is 0 Å². The molecule has 0 aliphatic heterocycles. The third-order valence-electron chi connectivity index (χ3n) is 4.72. The minimum atomic E-state index is -0.325. The number of nitrogens with one attached hydrogen (secondary N) is 2. The van der Waals surface area contributed by atoms with Gasteiger partial charge in [-0.25, -0.2) is 0 Å². The van der Waals surface area contributed by atoms with Crippen molar-refractivity contribution in [3.05, 3.63) is 81.3 Å². The number of benzene rings is 3. The third-order valence-corrected chi connectivity index (χ3v) is 5.41. The van der Waals surface area contributed by atoms with E-state index in [1.807, 2.05) is 57.2 Å². The van der Waals surface area contributed by atoms with Gasteiger partial charge in [0.25, 0.3) is 5.91 Å². The van der Waals surface area contributed by atoms with Crippen LogP contribution < -0.4 is 20.1 Å². The van der Waals surface area contributed by atoms with Gasteiger partial charge in [-0.1, -0.05) is 47.0 Å². The van der Waals surface area contributed by atoms with Crippen LogP contribution in [0.4, 0.5) is 11.4 Å². The number of anilines is 2. The molecule has 0 aliphatic rings. The Kier molecular flexibility index (Phi) is 8.26. The highest BCUT2D eigenvalue weighted by Gasteiger charge is 2.15. The number of carbonyl (C=O) groups is 1. The van der Waals surface area contributed by atoms with E-state index < -0.39 is 0 Å². The maximum atomic E-state index is 12.3. The molecule has 0 saturated heterocycles. The Morgan fingerprint density at radius 2 is 1.62 bits per heavy atom. The topological polar surface area (TPSA) is 59.6 Å². The summed E-state index contributed by atoms with van der Waals surface area (Å²) in [6, 6.07) is 17.1. The molecule has 168 valence electrons. The van der Waals surface area contributed by atoms with Crippen LogP contribution in [0.2, 0.25) is 10.0 Å². The first-order valence-corrected chi connectivity index (χ1v) is 11.1. The predicted molar refractivity (Wildman–Crippen MR) is 131 cm³/mol. The Morgan fingerprint density at radius 3 is 2.31 bits per heavy atom. The van der Waals surface area contributed by atoms with Crippen LogP contribution in [0.1, 0.15) is 23.6 Å². The molecular weight excluding hydrogens is 447 g/mol. The van der Waals surface area contributed by atoms with E-state index in [2.05, 4.69) is 10.6 Å². The first kappa shape index (κ1) is 23.8. The molecule has 32 heavy (non-hydrogen) atoms. The van der Waals surface area contributed by atoms with Crippen molar-refractivity contribution in [1.29, 1.82) is 0 Å².